The molecule has 1 aromatic heterocycles. The molecule has 156 valence electrons. The summed E-state index contributed by atoms with van der Waals surface area (Å²) in [6, 6.07) is 1.14. The Morgan fingerprint density at radius 3 is 2.45 bits per heavy atom. The van der Waals surface area contributed by atoms with Gasteiger partial charge in [0.1, 0.15) is 15.6 Å². The highest BCUT2D eigenvalue weighted by Gasteiger charge is 2.30. The molecule has 0 radical (unpaired) electrons. The van der Waals surface area contributed by atoms with Crippen molar-refractivity contribution in [2.75, 3.05) is 12.4 Å². The van der Waals surface area contributed by atoms with Gasteiger partial charge in [-0.1, -0.05) is 26.0 Å². The number of nitrogens with zero attached hydrogens (tertiary/aromatic N) is 2. The summed E-state index contributed by atoms with van der Waals surface area (Å²) >= 11 is 0. The number of rotatable bonds is 3. The van der Waals surface area contributed by atoms with Crippen molar-refractivity contribution in [2.45, 2.75) is 24.8 Å². The molecular weight excluding hydrogens is 405 g/mol. The number of anilines is 1. The number of aryl methyl sites for hydroxylation is 1. The highest BCUT2D eigenvalue weighted by atomic mass is 32.2. The predicted molar refractivity (Wildman–Crippen MR) is 105 cm³/mol. The fourth-order valence-electron chi connectivity index (χ4n) is 3.10. The van der Waals surface area contributed by atoms with Crippen molar-refractivity contribution in [3.8, 4) is 0 Å². The average Bonchev–Trinajstić information content (AvgIpc) is 2.92. The van der Waals surface area contributed by atoms with Crippen molar-refractivity contribution in [2.24, 2.45) is 17.3 Å². The fraction of sp³-hybridized carbons (Fsp3) is 0.316. The first-order valence-corrected chi connectivity index (χ1v) is 10.3. The summed E-state index contributed by atoms with van der Waals surface area (Å²) in [5, 5.41) is 2.36. The Morgan fingerprint density at radius 2 is 1.90 bits per heavy atom. The van der Waals surface area contributed by atoms with E-state index in [2.05, 4.69) is 14.4 Å². The summed E-state index contributed by atoms with van der Waals surface area (Å²) < 4.78 is 62.0. The Morgan fingerprint density at radius 1 is 1.28 bits per heavy atom. The normalized spacial score (nSPS) is 21.0. The van der Waals surface area contributed by atoms with Crippen molar-refractivity contribution in [1.29, 1.82) is 0 Å². The molecule has 3 rings (SSSR count). The summed E-state index contributed by atoms with van der Waals surface area (Å²) in [6.45, 7) is 3.91. The molecule has 0 spiro atoms. The zero-order valence-electron chi connectivity index (χ0n) is 16.3. The molecule has 0 aliphatic carbocycles. The van der Waals surface area contributed by atoms with Gasteiger partial charge in [0.25, 0.3) is 5.91 Å². The van der Waals surface area contributed by atoms with Crippen LogP contribution in [0.25, 0.3) is 6.08 Å². The first-order valence-electron chi connectivity index (χ1n) is 8.83. The third-order valence-electron chi connectivity index (χ3n) is 4.68. The van der Waals surface area contributed by atoms with Crippen LogP contribution in [-0.4, -0.2) is 27.8 Å². The lowest BCUT2D eigenvalue weighted by Gasteiger charge is -2.19. The number of aromatic nitrogens is 1. The molecule has 1 amide bonds. The van der Waals surface area contributed by atoms with E-state index in [9.17, 15) is 22.2 Å². The molecule has 0 bridgehead atoms. The maximum absolute atomic E-state index is 13.5. The topological polar surface area (TPSA) is 75.5 Å². The van der Waals surface area contributed by atoms with Crippen molar-refractivity contribution >= 4 is 27.6 Å². The molecule has 1 aromatic carbocycles. The Labute approximate surface area is 167 Å². The lowest BCUT2D eigenvalue weighted by Crippen LogP contribution is -2.36. The van der Waals surface area contributed by atoms with Gasteiger partial charge in [-0.25, -0.2) is 26.5 Å². The van der Waals surface area contributed by atoms with E-state index in [1.165, 1.54) is 17.8 Å². The Balaban J connectivity index is 2.08. The van der Waals surface area contributed by atoms with E-state index in [1.54, 1.807) is 19.2 Å². The number of nitrogens with one attached hydrogen (secondary N) is 2. The maximum Gasteiger partial charge on any atom is 0.272 e. The second-order valence-electron chi connectivity index (χ2n) is 7.03. The van der Waals surface area contributed by atoms with E-state index >= 15 is 0 Å². The van der Waals surface area contributed by atoms with Gasteiger partial charge in [0.05, 0.1) is 4.90 Å². The predicted octanol–water partition coefficient (Wildman–Crippen LogP) is 3.71. The van der Waals surface area contributed by atoms with Gasteiger partial charge in [0, 0.05) is 49.7 Å². The molecule has 2 aromatic rings. The smallest absolute Gasteiger partial charge is 0.272 e. The van der Waals surface area contributed by atoms with Gasteiger partial charge in [-0.3, -0.25) is 4.79 Å². The maximum atomic E-state index is 13.5. The second-order valence-corrected chi connectivity index (χ2v) is 9.12. The lowest BCUT2D eigenvalue weighted by atomic mass is 10.0. The number of hydrogen-bond donors (Lipinski definition) is 2. The standard InChI is InChI=1S/C19H21F3N4O2S/c1-10(2)15-6-5-12-16(29(28,23-3)25-15)9-26(4)18(12)19(27)24-11-7-13(20)17(22)14(21)8-11/h5-10,15H,1-4H3,(H,24,27)(H,23,25,28). The highest BCUT2D eigenvalue weighted by Crippen LogP contribution is 2.29. The second kappa shape index (κ2) is 7.68. The van der Waals surface area contributed by atoms with Gasteiger partial charge in [-0.15, -0.1) is 0 Å². The number of carbonyl (C=O) groups is 1. The van der Waals surface area contributed by atoms with Crippen LogP contribution in [-0.2, 0) is 17.0 Å². The van der Waals surface area contributed by atoms with Crippen LogP contribution in [0.15, 0.2) is 33.7 Å². The molecule has 6 nitrogen and oxygen atoms in total. The largest absolute Gasteiger partial charge is 0.345 e. The first-order chi connectivity index (χ1) is 13.6. The van der Waals surface area contributed by atoms with E-state index in [4.69, 9.17) is 0 Å². The Hall–Kier alpha value is -2.59. The van der Waals surface area contributed by atoms with Crippen LogP contribution in [0.4, 0.5) is 18.9 Å². The number of halogens is 3. The van der Waals surface area contributed by atoms with E-state index < -0.39 is 33.3 Å². The van der Waals surface area contributed by atoms with Crippen LogP contribution >= 0.6 is 0 Å². The van der Waals surface area contributed by atoms with E-state index in [1.807, 2.05) is 13.8 Å². The van der Waals surface area contributed by atoms with E-state index in [-0.39, 0.29) is 23.3 Å². The van der Waals surface area contributed by atoms with Gasteiger partial charge in [0.15, 0.2) is 17.5 Å². The minimum Gasteiger partial charge on any atom is -0.345 e. The summed E-state index contributed by atoms with van der Waals surface area (Å²) in [6.07, 6.45) is 5.02. The highest BCUT2D eigenvalue weighted by molar-refractivity contribution is 7.91. The third kappa shape index (κ3) is 3.82. The molecule has 0 saturated heterocycles. The molecule has 0 saturated carbocycles. The average molecular weight is 426 g/mol. The summed E-state index contributed by atoms with van der Waals surface area (Å²) in [7, 11) is 0.00809. The van der Waals surface area contributed by atoms with Gasteiger partial charge in [0.2, 0.25) is 0 Å². The number of amides is 1. The van der Waals surface area contributed by atoms with Gasteiger partial charge in [-0.2, -0.15) is 0 Å². The van der Waals surface area contributed by atoms with Crippen LogP contribution in [0.3, 0.4) is 0 Å². The molecule has 10 heteroatoms. The van der Waals surface area contributed by atoms with Crippen LogP contribution < -0.4 is 10.0 Å². The zero-order chi connectivity index (χ0) is 21.5. The zero-order valence-corrected chi connectivity index (χ0v) is 17.1. The van der Waals surface area contributed by atoms with Crippen LogP contribution in [0, 0.1) is 23.4 Å². The van der Waals surface area contributed by atoms with E-state index in [0.717, 1.165) is 0 Å². The number of carbonyl (C=O) groups excluding carboxylic acids is 1. The Bertz CT molecular complexity index is 1110. The number of hydrogen-bond acceptors (Lipinski definition) is 3. The molecule has 2 unspecified atom stereocenters. The van der Waals surface area contributed by atoms with Crippen molar-refractivity contribution in [3.63, 3.8) is 0 Å². The molecule has 29 heavy (non-hydrogen) atoms. The van der Waals surface area contributed by atoms with Crippen LogP contribution in [0.5, 0.6) is 0 Å². The first kappa shape index (κ1) is 21.1. The number of fused-ring (bicyclic) bond motifs is 1. The van der Waals surface area contributed by atoms with Gasteiger partial charge in [-0.05, 0) is 5.92 Å². The monoisotopic (exact) mass is 426 g/mol. The summed E-state index contributed by atoms with van der Waals surface area (Å²) in [5.41, 5.74) is 0.279. The van der Waals surface area contributed by atoms with Crippen molar-refractivity contribution in [3.05, 3.63) is 53.1 Å². The molecule has 1 aliphatic heterocycles. The fourth-order valence-corrected chi connectivity index (χ4v) is 5.01. The van der Waals surface area contributed by atoms with Gasteiger partial charge >= 0.3 is 0 Å². The van der Waals surface area contributed by atoms with E-state index in [0.29, 0.717) is 22.6 Å². The molecular formula is C19H21F3N4O2S. The lowest BCUT2D eigenvalue weighted by molar-refractivity contribution is 0.101. The molecule has 0 fully saturated rings. The van der Waals surface area contributed by atoms with Crippen LogP contribution in [0.2, 0.25) is 0 Å². The summed E-state index contributed by atoms with van der Waals surface area (Å²) in [5.74, 6) is -5.02. The number of benzene rings is 1. The van der Waals surface area contributed by atoms with Crippen molar-refractivity contribution < 1.29 is 22.2 Å². The third-order valence-corrected chi connectivity index (χ3v) is 6.71. The Kier molecular flexibility index (Phi) is 5.59. The SMILES string of the molecule is CN=S1(=O)NC(C(C)C)C=Cc2c1cn(C)c2C(=O)Nc1cc(F)c(F)c(F)c1. The van der Waals surface area contributed by atoms with Crippen LogP contribution in [0.1, 0.15) is 29.9 Å². The minimum atomic E-state index is -3.00. The summed E-state index contributed by atoms with van der Waals surface area (Å²) in [4.78, 5) is 13.2. The quantitative estimate of drug-likeness (QED) is 0.735. The minimum absolute atomic E-state index is 0.119. The molecule has 2 heterocycles. The molecule has 2 atom stereocenters. The molecule has 2 N–H and O–H groups in total. The van der Waals surface area contributed by atoms with Crippen molar-refractivity contribution in [1.82, 2.24) is 9.29 Å². The van der Waals surface area contributed by atoms with Gasteiger partial charge < -0.3 is 9.88 Å². The molecule has 1 aliphatic rings.